The molecule has 0 bridgehead atoms. The predicted octanol–water partition coefficient (Wildman–Crippen LogP) is 3.73. The Hall–Kier alpha value is -1.06. The molecule has 4 heteroatoms. The first kappa shape index (κ1) is 16.0. The zero-order valence-electron chi connectivity index (χ0n) is 12.0. The van der Waals surface area contributed by atoms with Crippen LogP contribution in [0.25, 0.3) is 0 Å². The Morgan fingerprint density at radius 3 is 2.58 bits per heavy atom. The van der Waals surface area contributed by atoms with E-state index in [1.54, 1.807) is 6.07 Å². The normalized spacial score (nSPS) is 11.3. The molecule has 0 fully saturated rings. The van der Waals surface area contributed by atoms with Crippen molar-refractivity contribution in [3.05, 3.63) is 28.3 Å². The lowest BCUT2D eigenvalue weighted by molar-refractivity contribution is 0.101. The van der Waals surface area contributed by atoms with Crippen LogP contribution in [0.4, 0.5) is 0 Å². The molecule has 1 aromatic carbocycles. The van der Waals surface area contributed by atoms with Crippen LogP contribution in [-0.2, 0) is 6.54 Å². The third-order valence-electron chi connectivity index (χ3n) is 3.06. The topological polar surface area (TPSA) is 40.5 Å². The summed E-state index contributed by atoms with van der Waals surface area (Å²) in [4.78, 5) is 13.6. The van der Waals surface area contributed by atoms with Crippen molar-refractivity contribution in [3.63, 3.8) is 0 Å². The number of phenolic OH excluding ortho intramolecular Hbond substituents is 1. The van der Waals surface area contributed by atoms with E-state index in [2.05, 4.69) is 18.7 Å². The first-order valence-corrected chi connectivity index (χ1v) is 6.90. The lowest BCUT2D eigenvalue weighted by Gasteiger charge is -2.19. The molecule has 1 rings (SSSR count). The fourth-order valence-corrected chi connectivity index (χ4v) is 2.13. The highest BCUT2D eigenvalue weighted by molar-refractivity contribution is 6.31. The molecular formula is C15H22ClNO2. The Kier molecular flexibility index (Phi) is 5.83. The number of hydrogen-bond donors (Lipinski definition) is 1. The van der Waals surface area contributed by atoms with E-state index < -0.39 is 0 Å². The minimum absolute atomic E-state index is 0.0493. The van der Waals surface area contributed by atoms with E-state index in [0.29, 0.717) is 28.6 Å². The number of Topliss-reactive ketones (excluding diaryl/α,β-unsaturated/α-hetero) is 1. The van der Waals surface area contributed by atoms with Crippen molar-refractivity contribution in [3.8, 4) is 5.75 Å². The van der Waals surface area contributed by atoms with E-state index in [9.17, 15) is 9.90 Å². The predicted molar refractivity (Wildman–Crippen MR) is 78.9 cm³/mol. The van der Waals surface area contributed by atoms with E-state index in [-0.39, 0.29) is 11.5 Å². The summed E-state index contributed by atoms with van der Waals surface area (Å²) in [5.74, 6) is 0.516. The summed E-state index contributed by atoms with van der Waals surface area (Å²) < 4.78 is 0. The van der Waals surface area contributed by atoms with Crippen molar-refractivity contribution in [2.75, 3.05) is 13.6 Å². The number of nitrogens with zero attached hydrogens (tertiary/aromatic N) is 1. The SMILES string of the molecule is CC(=O)c1cc(Cl)cc(CN(C)CCC(C)C)c1O. The van der Waals surface area contributed by atoms with Gasteiger partial charge in [0.25, 0.3) is 0 Å². The molecule has 0 aliphatic heterocycles. The summed E-state index contributed by atoms with van der Waals surface area (Å²) in [6.45, 7) is 7.31. The average Bonchev–Trinajstić information content (AvgIpc) is 2.30. The fraction of sp³-hybridized carbons (Fsp3) is 0.533. The van der Waals surface area contributed by atoms with Gasteiger partial charge < -0.3 is 10.0 Å². The minimum atomic E-state index is -0.175. The maximum absolute atomic E-state index is 11.4. The van der Waals surface area contributed by atoms with Gasteiger partial charge in [-0.15, -0.1) is 0 Å². The number of phenols is 1. The van der Waals surface area contributed by atoms with Crippen LogP contribution in [0.5, 0.6) is 5.75 Å². The highest BCUT2D eigenvalue weighted by Crippen LogP contribution is 2.28. The quantitative estimate of drug-likeness (QED) is 0.809. The summed E-state index contributed by atoms with van der Waals surface area (Å²) >= 11 is 6.00. The second-order valence-corrected chi connectivity index (χ2v) is 5.87. The first-order valence-electron chi connectivity index (χ1n) is 6.52. The van der Waals surface area contributed by atoms with Crippen LogP contribution in [0.1, 0.15) is 43.1 Å². The van der Waals surface area contributed by atoms with Crippen molar-refractivity contribution in [2.45, 2.75) is 33.7 Å². The number of carbonyl (C=O) groups is 1. The monoisotopic (exact) mass is 283 g/mol. The molecule has 0 unspecified atom stereocenters. The molecular weight excluding hydrogens is 262 g/mol. The van der Waals surface area contributed by atoms with Gasteiger partial charge in [0.2, 0.25) is 0 Å². The molecule has 0 saturated heterocycles. The molecule has 0 radical (unpaired) electrons. The second-order valence-electron chi connectivity index (χ2n) is 5.44. The van der Waals surface area contributed by atoms with Gasteiger partial charge in [-0.2, -0.15) is 0 Å². The maximum Gasteiger partial charge on any atom is 0.163 e. The van der Waals surface area contributed by atoms with Crippen LogP contribution in [0.15, 0.2) is 12.1 Å². The summed E-state index contributed by atoms with van der Waals surface area (Å²) in [5.41, 5.74) is 0.990. The van der Waals surface area contributed by atoms with Gasteiger partial charge in [0.1, 0.15) is 5.75 Å². The summed E-state index contributed by atoms with van der Waals surface area (Å²) in [6.07, 6.45) is 1.09. The Labute approximate surface area is 120 Å². The van der Waals surface area contributed by atoms with Gasteiger partial charge in [-0.3, -0.25) is 4.79 Å². The van der Waals surface area contributed by atoms with Crippen LogP contribution in [-0.4, -0.2) is 29.4 Å². The Balaban J connectivity index is 2.86. The van der Waals surface area contributed by atoms with E-state index in [1.807, 2.05) is 7.05 Å². The molecule has 0 spiro atoms. The zero-order chi connectivity index (χ0) is 14.6. The summed E-state index contributed by atoms with van der Waals surface area (Å²) in [5, 5.41) is 10.6. The standard InChI is InChI=1S/C15H22ClNO2/c1-10(2)5-6-17(4)9-12-7-13(16)8-14(11(3)18)15(12)19/h7-8,10,19H,5-6,9H2,1-4H3. The first-order chi connectivity index (χ1) is 8.81. The smallest absolute Gasteiger partial charge is 0.163 e. The minimum Gasteiger partial charge on any atom is -0.507 e. The molecule has 0 atom stereocenters. The Bertz CT molecular complexity index is 458. The third kappa shape index (κ3) is 4.84. The number of halogens is 1. The van der Waals surface area contributed by atoms with Gasteiger partial charge in [-0.25, -0.2) is 0 Å². The fourth-order valence-electron chi connectivity index (χ4n) is 1.89. The van der Waals surface area contributed by atoms with E-state index in [0.717, 1.165) is 13.0 Å². The molecule has 3 nitrogen and oxygen atoms in total. The van der Waals surface area contributed by atoms with Crippen molar-refractivity contribution in [1.82, 2.24) is 4.90 Å². The van der Waals surface area contributed by atoms with Crippen LogP contribution in [0, 0.1) is 5.92 Å². The van der Waals surface area contributed by atoms with Gasteiger partial charge in [-0.1, -0.05) is 25.4 Å². The van der Waals surface area contributed by atoms with E-state index >= 15 is 0 Å². The maximum atomic E-state index is 11.4. The molecule has 0 aliphatic rings. The van der Waals surface area contributed by atoms with Gasteiger partial charge in [0.05, 0.1) is 5.56 Å². The molecule has 19 heavy (non-hydrogen) atoms. The van der Waals surface area contributed by atoms with Crippen LogP contribution < -0.4 is 0 Å². The van der Waals surface area contributed by atoms with E-state index in [1.165, 1.54) is 13.0 Å². The highest BCUT2D eigenvalue weighted by Gasteiger charge is 2.14. The molecule has 0 heterocycles. The lowest BCUT2D eigenvalue weighted by Crippen LogP contribution is -2.20. The average molecular weight is 284 g/mol. The van der Waals surface area contributed by atoms with Gasteiger partial charge in [-0.05, 0) is 45.0 Å². The number of ketones is 1. The summed E-state index contributed by atoms with van der Waals surface area (Å²) in [6, 6.07) is 3.23. The van der Waals surface area contributed by atoms with Crippen LogP contribution in [0.2, 0.25) is 5.02 Å². The Morgan fingerprint density at radius 2 is 2.05 bits per heavy atom. The van der Waals surface area contributed by atoms with Crippen molar-refractivity contribution < 1.29 is 9.90 Å². The van der Waals surface area contributed by atoms with Gasteiger partial charge >= 0.3 is 0 Å². The number of benzene rings is 1. The molecule has 0 aromatic heterocycles. The largest absolute Gasteiger partial charge is 0.507 e. The molecule has 1 N–H and O–H groups in total. The van der Waals surface area contributed by atoms with E-state index in [4.69, 9.17) is 11.6 Å². The molecule has 0 aliphatic carbocycles. The molecule has 106 valence electrons. The summed E-state index contributed by atoms with van der Waals surface area (Å²) in [7, 11) is 2.00. The van der Waals surface area contributed by atoms with Crippen molar-refractivity contribution in [2.24, 2.45) is 5.92 Å². The third-order valence-corrected chi connectivity index (χ3v) is 3.28. The number of aromatic hydroxyl groups is 1. The van der Waals surface area contributed by atoms with Crippen molar-refractivity contribution >= 4 is 17.4 Å². The number of carbonyl (C=O) groups excluding carboxylic acids is 1. The van der Waals surface area contributed by atoms with Crippen LogP contribution >= 0.6 is 11.6 Å². The number of hydrogen-bond acceptors (Lipinski definition) is 3. The van der Waals surface area contributed by atoms with Gasteiger partial charge in [0, 0.05) is 17.1 Å². The zero-order valence-corrected chi connectivity index (χ0v) is 12.8. The molecule has 0 saturated carbocycles. The highest BCUT2D eigenvalue weighted by atomic mass is 35.5. The van der Waals surface area contributed by atoms with Crippen LogP contribution in [0.3, 0.4) is 0 Å². The molecule has 0 amide bonds. The Morgan fingerprint density at radius 1 is 1.42 bits per heavy atom. The lowest BCUT2D eigenvalue weighted by atomic mass is 10.0. The number of rotatable bonds is 6. The second kappa shape index (κ2) is 6.92. The van der Waals surface area contributed by atoms with Gasteiger partial charge in [0.15, 0.2) is 5.78 Å². The molecule has 1 aromatic rings. The van der Waals surface area contributed by atoms with Crippen molar-refractivity contribution in [1.29, 1.82) is 0 Å².